The molecule has 4 fully saturated rings. The number of pyridine rings is 1. The van der Waals surface area contributed by atoms with Gasteiger partial charge >= 0.3 is 5.97 Å². The van der Waals surface area contributed by atoms with Gasteiger partial charge in [-0.25, -0.2) is 5.43 Å². The summed E-state index contributed by atoms with van der Waals surface area (Å²) in [6, 6.07) is 11.9. The van der Waals surface area contributed by atoms with Gasteiger partial charge in [-0.05, 0) is 135 Å². The molecule has 2 saturated carbocycles. The van der Waals surface area contributed by atoms with E-state index < -0.39 is 47.4 Å². The molecule has 0 radical (unpaired) electrons. The minimum Gasteiger partial charge on any atom is -0.508 e. The van der Waals surface area contributed by atoms with Crippen LogP contribution >= 0.6 is 0 Å². The molecule has 2 aromatic carbocycles. The summed E-state index contributed by atoms with van der Waals surface area (Å²) in [4.78, 5) is 79.6. The Balaban J connectivity index is 1.08. The molecule has 6 atom stereocenters. The maximum absolute atomic E-state index is 15.0. The molecular formula is C55H72N8O7. The van der Waals surface area contributed by atoms with E-state index in [2.05, 4.69) is 79.5 Å². The molecule has 0 unspecified atom stereocenters. The predicted molar refractivity (Wildman–Crippen MR) is 268 cm³/mol. The van der Waals surface area contributed by atoms with E-state index in [1.165, 1.54) is 14.8 Å². The lowest BCUT2D eigenvalue weighted by atomic mass is 9.83. The van der Waals surface area contributed by atoms with Gasteiger partial charge in [-0.3, -0.25) is 39.3 Å². The zero-order valence-electron chi connectivity index (χ0n) is 42.2. The van der Waals surface area contributed by atoms with Crippen molar-refractivity contribution in [2.45, 2.75) is 154 Å². The number of amides is 4. The van der Waals surface area contributed by atoms with Crippen LogP contribution in [0.5, 0.6) is 5.75 Å². The van der Waals surface area contributed by atoms with Gasteiger partial charge in [-0.15, -0.1) is 0 Å². The van der Waals surface area contributed by atoms with Crippen LogP contribution in [0.4, 0.5) is 0 Å². The van der Waals surface area contributed by atoms with E-state index in [1.807, 2.05) is 18.3 Å². The molecule has 4 amide bonds. The topological polar surface area (TPSA) is 188 Å². The Morgan fingerprint density at radius 3 is 2.43 bits per heavy atom. The molecule has 15 heteroatoms. The van der Waals surface area contributed by atoms with Crippen LogP contribution in [0.15, 0.2) is 54.7 Å². The van der Waals surface area contributed by atoms with Crippen LogP contribution in [0.1, 0.15) is 116 Å². The lowest BCUT2D eigenvalue weighted by molar-refractivity contribution is -0.155. The fourth-order valence-electron chi connectivity index (χ4n) is 11.6. The number of aromatic nitrogens is 2. The van der Waals surface area contributed by atoms with Crippen LogP contribution in [0.25, 0.3) is 33.3 Å². The summed E-state index contributed by atoms with van der Waals surface area (Å²) in [5.41, 5.74) is 10.2. The number of likely N-dealkylation sites (N-methyl/N-ethyl adjacent to an activating group) is 2. The summed E-state index contributed by atoms with van der Waals surface area (Å²) in [5.74, 6) is -1.35. The van der Waals surface area contributed by atoms with Gasteiger partial charge < -0.3 is 29.5 Å². The molecule has 2 aliphatic carbocycles. The van der Waals surface area contributed by atoms with Crippen molar-refractivity contribution in [1.29, 1.82) is 0 Å². The van der Waals surface area contributed by atoms with E-state index in [-0.39, 0.29) is 61.1 Å². The van der Waals surface area contributed by atoms with Gasteiger partial charge in [0.2, 0.25) is 17.7 Å². The first-order valence-corrected chi connectivity index (χ1v) is 25.7. The van der Waals surface area contributed by atoms with Crippen LogP contribution in [0.3, 0.4) is 0 Å². The first-order chi connectivity index (χ1) is 33.4. The van der Waals surface area contributed by atoms with E-state index in [0.29, 0.717) is 37.3 Å². The van der Waals surface area contributed by atoms with Crippen LogP contribution in [0.2, 0.25) is 0 Å². The van der Waals surface area contributed by atoms with Gasteiger partial charge in [0.1, 0.15) is 36.0 Å². The molecule has 5 aliphatic rings. The summed E-state index contributed by atoms with van der Waals surface area (Å²) in [6.07, 6.45) is 8.89. The lowest BCUT2D eigenvalue weighted by Gasteiger charge is -2.38. The fraction of sp³-hybridized carbons (Fsp3) is 0.564. The number of carbonyl (C=O) groups excluding carboxylic acids is 5. The van der Waals surface area contributed by atoms with E-state index >= 15 is 0 Å². The van der Waals surface area contributed by atoms with Gasteiger partial charge in [-0.1, -0.05) is 52.7 Å². The van der Waals surface area contributed by atoms with Gasteiger partial charge in [0.05, 0.1) is 18.0 Å². The molecular weight excluding hydrogens is 885 g/mol. The van der Waals surface area contributed by atoms with Crippen LogP contribution in [0, 0.1) is 17.3 Å². The number of hydrogen-bond acceptors (Lipinski definition) is 10. The second-order valence-corrected chi connectivity index (χ2v) is 21.9. The molecule has 2 saturated heterocycles. The number of aryl methyl sites for hydroxylation is 1. The van der Waals surface area contributed by atoms with Gasteiger partial charge in [0, 0.05) is 67.7 Å². The molecule has 5 heterocycles. The predicted octanol–water partition coefficient (Wildman–Crippen LogP) is 6.48. The number of nitrogens with one attached hydrogen (secondary N) is 3. The fourth-order valence-corrected chi connectivity index (χ4v) is 11.6. The van der Waals surface area contributed by atoms with Gasteiger partial charge in [0.25, 0.3) is 5.91 Å². The van der Waals surface area contributed by atoms with E-state index in [0.717, 1.165) is 83.1 Å². The summed E-state index contributed by atoms with van der Waals surface area (Å²) in [5, 5.41) is 20.3. The first kappa shape index (κ1) is 49.2. The first-order valence-electron chi connectivity index (χ1n) is 25.7. The zero-order valence-corrected chi connectivity index (χ0v) is 42.2. The van der Waals surface area contributed by atoms with Crippen molar-refractivity contribution < 1.29 is 33.8 Å². The number of hydrazine groups is 1. The van der Waals surface area contributed by atoms with E-state index in [1.54, 1.807) is 33.2 Å². The van der Waals surface area contributed by atoms with E-state index in [4.69, 9.17) is 9.72 Å². The number of ether oxygens (including phenoxy) is 1. The number of fused-ring (bicyclic) bond motifs is 6. The third-order valence-electron chi connectivity index (χ3n) is 15.7. The quantitative estimate of drug-likeness (QED) is 0.0957. The van der Waals surface area contributed by atoms with Crippen LogP contribution in [-0.2, 0) is 48.1 Å². The Bertz CT molecular complexity index is 2670. The number of cyclic esters (lactones) is 1. The van der Waals surface area contributed by atoms with Crippen molar-refractivity contribution in [2.75, 3.05) is 27.2 Å². The number of hydrogen-bond donors (Lipinski definition) is 4. The molecule has 4 aromatic rings. The Morgan fingerprint density at radius 1 is 0.957 bits per heavy atom. The third kappa shape index (κ3) is 9.93. The Morgan fingerprint density at radius 2 is 1.71 bits per heavy atom. The van der Waals surface area contributed by atoms with Crippen LogP contribution < -0.4 is 16.1 Å². The molecule has 0 spiro atoms. The SMILES string of the molecule is CCn1c(-c2cccnc2C(C)C)c2c3cc(ccc31)-c1cc(O)cc(c1)C[C@H](NC(=O)[C@H](C1CCCC1)N(C)C(=O)[C@H](C)N(C)C(=O)[C@@H]1N[C@@H]1C1CC1)C(=O)N1CCC[C@H](N1)C(=O)OCC(C)(C)C2. The highest BCUT2D eigenvalue weighted by molar-refractivity contribution is 5.97. The number of benzene rings is 2. The molecule has 70 heavy (non-hydrogen) atoms. The van der Waals surface area contributed by atoms with Crippen molar-refractivity contribution in [1.82, 2.24) is 40.4 Å². The number of rotatable bonds is 11. The highest BCUT2D eigenvalue weighted by Gasteiger charge is 2.52. The largest absolute Gasteiger partial charge is 0.508 e. The Kier molecular flexibility index (Phi) is 13.9. The molecule has 374 valence electrons. The minimum absolute atomic E-state index is 0.00945. The Labute approximate surface area is 412 Å². The van der Waals surface area contributed by atoms with Gasteiger partial charge in [0.15, 0.2) is 0 Å². The van der Waals surface area contributed by atoms with Crippen molar-refractivity contribution in [3.8, 4) is 28.1 Å². The summed E-state index contributed by atoms with van der Waals surface area (Å²) < 4.78 is 8.49. The highest BCUT2D eigenvalue weighted by Crippen LogP contribution is 2.43. The second-order valence-electron chi connectivity index (χ2n) is 21.9. The molecule has 3 aliphatic heterocycles. The summed E-state index contributed by atoms with van der Waals surface area (Å²) >= 11 is 0. The maximum Gasteiger partial charge on any atom is 0.324 e. The molecule has 2 aromatic heterocycles. The lowest BCUT2D eigenvalue weighted by Crippen LogP contribution is -2.62. The van der Waals surface area contributed by atoms with Crippen molar-refractivity contribution in [3.05, 3.63) is 71.5 Å². The number of phenols is 1. The van der Waals surface area contributed by atoms with E-state index in [9.17, 15) is 29.1 Å². The molecule has 4 N–H and O–H groups in total. The molecule has 6 bridgehead atoms. The smallest absolute Gasteiger partial charge is 0.324 e. The Hall–Kier alpha value is -5.80. The van der Waals surface area contributed by atoms with Crippen molar-refractivity contribution in [3.63, 3.8) is 0 Å². The van der Waals surface area contributed by atoms with Crippen molar-refractivity contribution in [2.24, 2.45) is 17.3 Å². The summed E-state index contributed by atoms with van der Waals surface area (Å²) in [6.45, 7) is 13.5. The second kappa shape index (κ2) is 19.8. The normalized spacial score (nSPS) is 23.6. The third-order valence-corrected chi connectivity index (χ3v) is 15.7. The summed E-state index contributed by atoms with van der Waals surface area (Å²) in [7, 11) is 3.27. The average molecular weight is 957 g/mol. The monoisotopic (exact) mass is 957 g/mol. The van der Waals surface area contributed by atoms with Crippen molar-refractivity contribution >= 4 is 40.5 Å². The average Bonchev–Trinajstić information content (AvgIpc) is 4.27. The maximum atomic E-state index is 15.0. The molecule has 9 rings (SSSR count). The number of nitrogens with zero attached hydrogens (tertiary/aromatic N) is 5. The zero-order chi connectivity index (χ0) is 49.8. The number of phenolic OH excluding ortho intramolecular Hbond substituents is 1. The number of carbonyl (C=O) groups is 5. The van der Waals surface area contributed by atoms with Gasteiger partial charge in [-0.2, -0.15) is 0 Å². The highest BCUT2D eigenvalue weighted by atomic mass is 16.5. The number of aromatic hydroxyl groups is 1. The van der Waals surface area contributed by atoms with Crippen LogP contribution in [-0.4, -0.2) is 123 Å². The standard InChI is InChI=1S/C55H72N8O7/c1-9-62-44-21-20-36-28-40(44)41(49(62)39-16-12-22-56-45(39)31(2)3)29-55(5,6)30-70-54(69)42-17-13-23-63(59-42)52(67)43(26-33-24-37(36)27-38(64)25-33)57-50(65)48(35-14-10-11-15-35)61(8)51(66)32(4)60(7)53(68)47-46(58-47)34-18-19-34/h12,16,20-22,24-25,27-28,31-32,34-35,42-43,46-48,58-59,64H,9-11,13-15,17-19,23,26,29-30H2,1-8H3,(H,57,65)/t32-,42-,43-,46+,47+,48-/m0/s1. The number of esters is 1. The minimum atomic E-state index is -1.15. The molecule has 15 nitrogen and oxygen atoms in total.